The fourth-order valence-corrected chi connectivity index (χ4v) is 5.31. The number of anilines is 1. The molecule has 2 saturated carbocycles. The number of aliphatic hydroxyl groups is 1. The van der Waals surface area contributed by atoms with E-state index in [1.54, 1.807) is 6.20 Å². The zero-order valence-electron chi connectivity index (χ0n) is 17.1. The van der Waals surface area contributed by atoms with Crippen LogP contribution in [0.25, 0.3) is 22.4 Å². The molecule has 158 valence electrons. The van der Waals surface area contributed by atoms with Crippen LogP contribution < -0.4 is 10.6 Å². The Morgan fingerprint density at radius 3 is 3.10 bits per heavy atom. The number of nitrogens with one attached hydrogen (secondary N) is 3. The van der Waals surface area contributed by atoms with Crippen molar-refractivity contribution >= 4 is 22.6 Å². The number of aromatic nitrogens is 4. The number of nitrogens with zero attached hydrogens (tertiary/aromatic N) is 3. The lowest BCUT2D eigenvalue weighted by atomic mass is 9.64. The predicted molar refractivity (Wildman–Crippen MR) is 111 cm³/mol. The van der Waals surface area contributed by atoms with Gasteiger partial charge >= 0.3 is 11.8 Å². The molecule has 9 nitrogen and oxygen atoms in total. The third-order valence-electron chi connectivity index (χ3n) is 6.57. The van der Waals surface area contributed by atoms with Gasteiger partial charge in [0.15, 0.2) is 0 Å². The van der Waals surface area contributed by atoms with E-state index in [0.717, 1.165) is 48.8 Å². The summed E-state index contributed by atoms with van der Waals surface area (Å²) in [6.07, 6.45) is 8.06. The van der Waals surface area contributed by atoms with Crippen molar-refractivity contribution in [2.24, 2.45) is 11.8 Å². The van der Waals surface area contributed by atoms with Gasteiger partial charge in [-0.15, -0.1) is 0 Å². The Labute approximate surface area is 173 Å². The minimum Gasteiger partial charge on any atom is -0.390 e. The summed E-state index contributed by atoms with van der Waals surface area (Å²) in [7, 11) is 1.52. The Morgan fingerprint density at radius 1 is 1.40 bits per heavy atom. The fourth-order valence-electron chi connectivity index (χ4n) is 5.31. The molecule has 0 spiro atoms. The van der Waals surface area contributed by atoms with Gasteiger partial charge in [-0.1, -0.05) is 12.1 Å². The van der Waals surface area contributed by atoms with Gasteiger partial charge in [-0.25, -0.2) is 4.98 Å². The maximum Gasteiger partial charge on any atom is 0.316 e. The van der Waals surface area contributed by atoms with Crippen molar-refractivity contribution in [3.05, 3.63) is 24.4 Å². The fraction of sp³-hybridized carbons (Fsp3) is 0.524. The Balaban J connectivity index is 1.52. The molecule has 0 radical (unpaired) electrons. The molecule has 4 atom stereocenters. The van der Waals surface area contributed by atoms with Crippen molar-refractivity contribution < 1.29 is 14.4 Å². The van der Waals surface area contributed by atoms with Gasteiger partial charge in [-0.3, -0.25) is 4.79 Å². The first-order valence-electron chi connectivity index (χ1n) is 10.5. The van der Waals surface area contributed by atoms with E-state index < -0.39 is 11.5 Å². The first-order chi connectivity index (χ1) is 14.5. The summed E-state index contributed by atoms with van der Waals surface area (Å²) >= 11 is 0. The molecule has 3 aromatic rings. The van der Waals surface area contributed by atoms with Crippen LogP contribution in [0, 0.1) is 11.8 Å². The molecule has 0 saturated heterocycles. The van der Waals surface area contributed by atoms with Crippen LogP contribution in [0.15, 0.2) is 23.0 Å². The first-order valence-corrected chi connectivity index (χ1v) is 10.5. The highest BCUT2D eigenvalue weighted by Crippen LogP contribution is 2.46. The number of pyridine rings is 1. The maximum absolute atomic E-state index is 11.8. The second-order valence-electron chi connectivity index (χ2n) is 8.81. The molecule has 9 heteroatoms. The van der Waals surface area contributed by atoms with E-state index in [9.17, 15) is 9.90 Å². The Morgan fingerprint density at radius 2 is 2.27 bits per heavy atom. The molecule has 3 heterocycles. The molecule has 0 aromatic carbocycles. The van der Waals surface area contributed by atoms with Gasteiger partial charge in [0.05, 0.1) is 16.9 Å². The van der Waals surface area contributed by atoms with Crippen LogP contribution in [0.3, 0.4) is 0 Å². The molecule has 30 heavy (non-hydrogen) atoms. The van der Waals surface area contributed by atoms with Gasteiger partial charge in [0.1, 0.15) is 5.65 Å². The normalized spacial score (nSPS) is 28.4. The van der Waals surface area contributed by atoms with Gasteiger partial charge < -0.3 is 25.2 Å². The van der Waals surface area contributed by atoms with E-state index >= 15 is 0 Å². The lowest BCUT2D eigenvalue weighted by Crippen LogP contribution is -2.49. The molecule has 2 fully saturated rings. The summed E-state index contributed by atoms with van der Waals surface area (Å²) in [4.78, 5) is 23.7. The molecular formula is C21H26N6O3. The van der Waals surface area contributed by atoms with E-state index in [-0.39, 0.29) is 11.9 Å². The summed E-state index contributed by atoms with van der Waals surface area (Å²) in [6.45, 7) is 2.22. The number of carbonyl (C=O) groups excluding carboxylic acids is 1. The van der Waals surface area contributed by atoms with Crippen LogP contribution in [0.2, 0.25) is 0 Å². The Bertz CT molecular complexity index is 1090. The van der Waals surface area contributed by atoms with Gasteiger partial charge in [-0.2, -0.15) is 4.98 Å². The standard InChI is InChI=1S/C21H26N6O3/c1-11-7-12-9-21(29,8-11)5-3-15(12)25-16-13-4-6-23-17(13)24-10-14(16)18-26-20(30-27-18)19(28)22-2/h4,6,10-12,15,29H,3,5,7-9H2,1-2H3,(H,22,28)(H2,23,24,25)/t11?,12-,15+,21-/m0/s1. The zero-order valence-corrected chi connectivity index (χ0v) is 17.1. The van der Waals surface area contributed by atoms with Crippen molar-refractivity contribution in [3.63, 3.8) is 0 Å². The van der Waals surface area contributed by atoms with E-state index in [2.05, 4.69) is 37.7 Å². The monoisotopic (exact) mass is 410 g/mol. The lowest BCUT2D eigenvalue weighted by molar-refractivity contribution is -0.0677. The smallest absolute Gasteiger partial charge is 0.316 e. The van der Waals surface area contributed by atoms with Crippen LogP contribution in [0.4, 0.5) is 5.69 Å². The molecule has 1 amide bonds. The van der Waals surface area contributed by atoms with Gasteiger partial charge in [-0.05, 0) is 50.0 Å². The zero-order chi connectivity index (χ0) is 20.9. The van der Waals surface area contributed by atoms with Crippen molar-refractivity contribution in [1.29, 1.82) is 0 Å². The Hall–Kier alpha value is -2.94. The molecule has 3 aromatic heterocycles. The van der Waals surface area contributed by atoms with Crippen molar-refractivity contribution in [2.75, 3.05) is 12.4 Å². The van der Waals surface area contributed by atoms with E-state index in [1.165, 1.54) is 7.05 Å². The maximum atomic E-state index is 11.8. The number of aromatic amines is 1. The van der Waals surface area contributed by atoms with E-state index in [1.807, 2.05) is 12.3 Å². The number of fused-ring (bicyclic) bond motifs is 3. The molecule has 5 rings (SSSR count). The first kappa shape index (κ1) is 19.0. The second-order valence-corrected chi connectivity index (χ2v) is 8.81. The van der Waals surface area contributed by atoms with Crippen LogP contribution in [0.1, 0.15) is 49.7 Å². The minimum absolute atomic E-state index is 0.0866. The molecule has 4 N–H and O–H groups in total. The number of hydrogen-bond donors (Lipinski definition) is 4. The average molecular weight is 410 g/mol. The molecule has 1 unspecified atom stereocenters. The van der Waals surface area contributed by atoms with Crippen molar-refractivity contribution in [3.8, 4) is 11.4 Å². The molecule has 2 bridgehead atoms. The highest BCUT2D eigenvalue weighted by molar-refractivity contribution is 5.97. The minimum atomic E-state index is -0.527. The van der Waals surface area contributed by atoms with Crippen LogP contribution >= 0.6 is 0 Å². The topological polar surface area (TPSA) is 129 Å². The third-order valence-corrected chi connectivity index (χ3v) is 6.57. The number of amides is 1. The van der Waals surface area contributed by atoms with Crippen LogP contribution in [-0.2, 0) is 0 Å². The van der Waals surface area contributed by atoms with E-state index in [0.29, 0.717) is 23.2 Å². The number of carbonyl (C=O) groups is 1. The average Bonchev–Trinajstić information content (AvgIpc) is 3.38. The summed E-state index contributed by atoms with van der Waals surface area (Å²) in [5.41, 5.74) is 1.80. The predicted octanol–water partition coefficient (Wildman–Crippen LogP) is 2.71. The second kappa shape index (κ2) is 7.09. The quantitative estimate of drug-likeness (QED) is 0.520. The van der Waals surface area contributed by atoms with Crippen LogP contribution in [0.5, 0.6) is 0 Å². The third kappa shape index (κ3) is 3.23. The highest BCUT2D eigenvalue weighted by atomic mass is 16.5. The van der Waals surface area contributed by atoms with Crippen molar-refractivity contribution in [1.82, 2.24) is 25.4 Å². The number of H-pyrrole nitrogens is 1. The molecule has 2 aliphatic rings. The van der Waals surface area contributed by atoms with Crippen LogP contribution in [-0.4, -0.2) is 49.8 Å². The number of rotatable bonds is 4. The SMILES string of the molecule is CNC(=O)c1nc(-c2cnc3[nH]ccc3c2N[C@@H]2CC[C@]3(O)CC(C)C[C@H]2C3)no1. The van der Waals surface area contributed by atoms with E-state index in [4.69, 9.17) is 4.52 Å². The largest absolute Gasteiger partial charge is 0.390 e. The molecule has 2 aliphatic carbocycles. The van der Waals surface area contributed by atoms with Gasteiger partial charge in [0.2, 0.25) is 5.82 Å². The highest BCUT2D eigenvalue weighted by Gasteiger charge is 2.44. The summed E-state index contributed by atoms with van der Waals surface area (Å²) in [5.74, 6) is 0.707. The van der Waals surface area contributed by atoms with Gasteiger partial charge in [0, 0.05) is 30.9 Å². The summed E-state index contributed by atoms with van der Waals surface area (Å²) in [6, 6.07) is 2.20. The van der Waals surface area contributed by atoms with Gasteiger partial charge in [0.25, 0.3) is 0 Å². The molecule has 0 aliphatic heterocycles. The van der Waals surface area contributed by atoms with Crippen molar-refractivity contribution in [2.45, 2.75) is 50.7 Å². The number of hydrogen-bond acceptors (Lipinski definition) is 7. The summed E-state index contributed by atoms with van der Waals surface area (Å²) in [5, 5.41) is 22.1. The Kier molecular flexibility index (Phi) is 4.50. The lowest BCUT2D eigenvalue weighted by Gasteiger charge is -2.48. The molecular weight excluding hydrogens is 384 g/mol. The summed E-state index contributed by atoms with van der Waals surface area (Å²) < 4.78 is 5.13.